The quantitative estimate of drug-likeness (QED) is 0.878. The molecule has 2 heterocycles. The number of carbonyl (C=O) groups excluding carboxylic acids is 1. The third-order valence-corrected chi connectivity index (χ3v) is 4.68. The summed E-state index contributed by atoms with van der Waals surface area (Å²) in [4.78, 5) is 17.9. The summed E-state index contributed by atoms with van der Waals surface area (Å²) in [5.41, 5.74) is 1.20. The second-order valence-electron chi connectivity index (χ2n) is 5.17. The van der Waals surface area contributed by atoms with E-state index < -0.39 is 0 Å². The van der Waals surface area contributed by atoms with Gasteiger partial charge in [-0.05, 0) is 37.8 Å². The number of carbonyl (C=O) groups is 1. The van der Waals surface area contributed by atoms with Crippen LogP contribution < -0.4 is 5.32 Å². The molecular weight excluding hydrogens is 270 g/mol. The second kappa shape index (κ2) is 6.22. The van der Waals surface area contributed by atoms with E-state index in [2.05, 4.69) is 10.3 Å². The highest BCUT2D eigenvalue weighted by Crippen LogP contribution is 2.28. The minimum absolute atomic E-state index is 0.0441. The van der Waals surface area contributed by atoms with Crippen LogP contribution in [0.2, 0.25) is 0 Å². The summed E-state index contributed by atoms with van der Waals surface area (Å²) in [6.45, 7) is 0.712. The van der Waals surface area contributed by atoms with Crippen molar-refractivity contribution in [3.63, 3.8) is 0 Å². The summed E-state index contributed by atoms with van der Waals surface area (Å²) < 4.78 is 2.01. The molecule has 20 heavy (non-hydrogen) atoms. The Labute approximate surface area is 122 Å². The normalized spacial score (nSPS) is 14.6. The lowest BCUT2D eigenvalue weighted by Gasteiger charge is -2.03. The molecule has 0 spiro atoms. The third kappa shape index (κ3) is 3.28. The van der Waals surface area contributed by atoms with Gasteiger partial charge >= 0.3 is 0 Å². The van der Waals surface area contributed by atoms with Crippen LogP contribution in [0.5, 0.6) is 0 Å². The Morgan fingerprint density at radius 2 is 2.05 bits per heavy atom. The minimum atomic E-state index is 0.0441. The molecule has 1 aliphatic carbocycles. The number of hydrogen-bond acceptors (Lipinski definition) is 3. The molecule has 0 aromatic carbocycles. The molecule has 0 atom stereocenters. The van der Waals surface area contributed by atoms with Crippen molar-refractivity contribution in [3.8, 4) is 0 Å². The lowest BCUT2D eigenvalue weighted by Crippen LogP contribution is -2.13. The fraction of sp³-hybridized carbons (Fsp3) is 0.467. The first-order valence-electron chi connectivity index (χ1n) is 7.20. The van der Waals surface area contributed by atoms with E-state index in [4.69, 9.17) is 0 Å². The van der Waals surface area contributed by atoms with Gasteiger partial charge < -0.3 is 9.88 Å². The summed E-state index contributed by atoms with van der Waals surface area (Å²) >= 11 is 1.65. The van der Waals surface area contributed by atoms with Crippen molar-refractivity contribution in [3.05, 3.63) is 35.1 Å². The Bertz CT molecular complexity index is 550. The first-order chi connectivity index (χ1) is 9.81. The molecule has 1 aliphatic rings. The third-order valence-electron chi connectivity index (χ3n) is 3.61. The van der Waals surface area contributed by atoms with Gasteiger partial charge in [-0.1, -0.05) is 6.42 Å². The molecule has 0 saturated heterocycles. The Morgan fingerprint density at radius 3 is 2.90 bits per heavy atom. The van der Waals surface area contributed by atoms with Crippen molar-refractivity contribution >= 4 is 22.4 Å². The predicted octanol–water partition coefficient (Wildman–Crippen LogP) is 3.24. The van der Waals surface area contributed by atoms with Crippen molar-refractivity contribution in [2.75, 3.05) is 5.32 Å². The topological polar surface area (TPSA) is 46.9 Å². The van der Waals surface area contributed by atoms with E-state index in [9.17, 15) is 4.79 Å². The molecule has 5 heteroatoms. The van der Waals surface area contributed by atoms with Gasteiger partial charge in [-0.25, -0.2) is 4.98 Å². The number of amides is 1. The Kier molecular flexibility index (Phi) is 4.16. The van der Waals surface area contributed by atoms with Crippen LogP contribution in [0.3, 0.4) is 0 Å². The number of nitrogens with zero attached hydrogens (tertiary/aromatic N) is 2. The number of fused-ring (bicyclic) bond motifs is 1. The SMILES string of the molecule is O=C(CCn1cccc1)Nc1nc2c(s1)CCCCC2. The Morgan fingerprint density at radius 1 is 1.25 bits per heavy atom. The average molecular weight is 289 g/mol. The van der Waals surface area contributed by atoms with Crippen LogP contribution in [0, 0.1) is 0 Å². The van der Waals surface area contributed by atoms with Gasteiger partial charge in [-0.15, -0.1) is 11.3 Å². The highest BCUT2D eigenvalue weighted by Gasteiger charge is 2.15. The van der Waals surface area contributed by atoms with Crippen LogP contribution in [-0.2, 0) is 24.2 Å². The molecule has 2 aromatic heterocycles. The number of aryl methyl sites for hydroxylation is 3. The molecular formula is C15H19N3OS. The van der Waals surface area contributed by atoms with E-state index in [1.165, 1.54) is 29.8 Å². The largest absolute Gasteiger partial charge is 0.354 e. The number of rotatable bonds is 4. The lowest BCUT2D eigenvalue weighted by molar-refractivity contribution is -0.116. The number of thiazole rings is 1. The molecule has 4 nitrogen and oxygen atoms in total. The molecule has 0 radical (unpaired) electrons. The molecule has 1 N–H and O–H groups in total. The molecule has 1 amide bonds. The summed E-state index contributed by atoms with van der Waals surface area (Å²) in [5, 5.41) is 3.71. The van der Waals surface area contributed by atoms with E-state index >= 15 is 0 Å². The smallest absolute Gasteiger partial charge is 0.227 e. The molecule has 0 saturated carbocycles. The van der Waals surface area contributed by atoms with Gasteiger partial charge in [0, 0.05) is 30.2 Å². The number of hydrogen-bond donors (Lipinski definition) is 1. The first-order valence-corrected chi connectivity index (χ1v) is 8.02. The maximum absolute atomic E-state index is 11.9. The Hall–Kier alpha value is -1.62. The first kappa shape index (κ1) is 13.4. The standard InChI is InChI=1S/C15H19N3OS/c19-14(8-11-18-9-4-5-10-18)17-15-16-12-6-2-1-3-7-13(12)20-15/h4-5,9-10H,1-3,6-8,11H2,(H,16,17,19). The number of nitrogens with one attached hydrogen (secondary N) is 1. The van der Waals surface area contributed by atoms with Gasteiger partial charge in [0.05, 0.1) is 5.69 Å². The highest BCUT2D eigenvalue weighted by molar-refractivity contribution is 7.15. The van der Waals surface area contributed by atoms with E-state index in [0.29, 0.717) is 13.0 Å². The van der Waals surface area contributed by atoms with E-state index in [1.807, 2.05) is 29.1 Å². The highest BCUT2D eigenvalue weighted by atomic mass is 32.1. The lowest BCUT2D eigenvalue weighted by atomic mass is 10.2. The van der Waals surface area contributed by atoms with Crippen LogP contribution in [0.1, 0.15) is 36.3 Å². The molecule has 0 aliphatic heterocycles. The zero-order valence-electron chi connectivity index (χ0n) is 11.5. The van der Waals surface area contributed by atoms with E-state index in [0.717, 1.165) is 18.0 Å². The summed E-state index contributed by atoms with van der Waals surface area (Å²) in [6.07, 6.45) is 10.4. The zero-order valence-corrected chi connectivity index (χ0v) is 12.3. The maximum Gasteiger partial charge on any atom is 0.227 e. The molecule has 3 rings (SSSR count). The van der Waals surface area contributed by atoms with Crippen LogP contribution in [0.4, 0.5) is 5.13 Å². The van der Waals surface area contributed by atoms with E-state index in [-0.39, 0.29) is 5.91 Å². The second-order valence-corrected chi connectivity index (χ2v) is 6.25. The minimum Gasteiger partial charge on any atom is -0.354 e. The van der Waals surface area contributed by atoms with Gasteiger partial charge in [0.25, 0.3) is 0 Å². The average Bonchev–Trinajstić information content (AvgIpc) is 3.03. The van der Waals surface area contributed by atoms with Gasteiger partial charge in [0.2, 0.25) is 5.91 Å². The van der Waals surface area contributed by atoms with E-state index in [1.54, 1.807) is 11.3 Å². The summed E-state index contributed by atoms with van der Waals surface area (Å²) in [6, 6.07) is 3.94. The van der Waals surface area contributed by atoms with Gasteiger partial charge in [0.15, 0.2) is 5.13 Å². The molecule has 106 valence electrons. The van der Waals surface area contributed by atoms with Crippen molar-refractivity contribution in [2.24, 2.45) is 0 Å². The van der Waals surface area contributed by atoms with Crippen LogP contribution in [-0.4, -0.2) is 15.5 Å². The summed E-state index contributed by atoms with van der Waals surface area (Å²) in [7, 11) is 0. The van der Waals surface area contributed by atoms with Gasteiger partial charge in [0.1, 0.15) is 0 Å². The number of aromatic nitrogens is 2. The Balaban J connectivity index is 1.56. The molecule has 0 unspecified atom stereocenters. The molecule has 0 bridgehead atoms. The van der Waals surface area contributed by atoms with Crippen LogP contribution >= 0.6 is 11.3 Å². The fourth-order valence-electron chi connectivity index (χ4n) is 2.51. The monoisotopic (exact) mass is 289 g/mol. The van der Waals surface area contributed by atoms with Crippen molar-refractivity contribution < 1.29 is 4.79 Å². The maximum atomic E-state index is 11.9. The van der Waals surface area contributed by atoms with Crippen molar-refractivity contribution in [1.29, 1.82) is 0 Å². The van der Waals surface area contributed by atoms with Crippen molar-refractivity contribution in [2.45, 2.75) is 45.1 Å². The predicted molar refractivity (Wildman–Crippen MR) is 81.1 cm³/mol. The van der Waals surface area contributed by atoms with Crippen LogP contribution in [0.15, 0.2) is 24.5 Å². The molecule has 0 fully saturated rings. The molecule has 2 aromatic rings. The van der Waals surface area contributed by atoms with Crippen molar-refractivity contribution in [1.82, 2.24) is 9.55 Å². The van der Waals surface area contributed by atoms with Gasteiger partial charge in [-0.3, -0.25) is 4.79 Å². The fourth-order valence-corrected chi connectivity index (χ4v) is 3.58. The van der Waals surface area contributed by atoms with Crippen LogP contribution in [0.25, 0.3) is 0 Å². The van der Waals surface area contributed by atoms with Gasteiger partial charge in [-0.2, -0.15) is 0 Å². The zero-order chi connectivity index (χ0) is 13.8. The summed E-state index contributed by atoms with van der Waals surface area (Å²) in [5.74, 6) is 0.0441. The number of anilines is 1.